The van der Waals surface area contributed by atoms with Gasteiger partial charge in [-0.3, -0.25) is 9.59 Å². The molecule has 7 heteroatoms. The fourth-order valence-electron chi connectivity index (χ4n) is 3.82. The van der Waals surface area contributed by atoms with Gasteiger partial charge in [0.05, 0.1) is 0 Å². The smallest absolute Gasteiger partial charge is 0.289 e. The van der Waals surface area contributed by atoms with Crippen molar-refractivity contribution in [2.75, 3.05) is 13.1 Å². The normalized spacial score (nSPS) is 17.4. The number of aromatic nitrogens is 2. The van der Waals surface area contributed by atoms with E-state index in [0.29, 0.717) is 18.8 Å². The van der Waals surface area contributed by atoms with Crippen LogP contribution in [-0.4, -0.2) is 39.4 Å². The average molecular weight is 366 g/mol. The topological polar surface area (TPSA) is 94.4 Å². The lowest BCUT2D eigenvalue weighted by molar-refractivity contribution is -0.118. The Morgan fingerprint density at radius 1 is 1.37 bits per heavy atom. The molecule has 7 nitrogen and oxygen atoms in total. The number of imidazole rings is 1. The van der Waals surface area contributed by atoms with Crippen LogP contribution in [0.2, 0.25) is 0 Å². The highest BCUT2D eigenvalue weighted by Gasteiger charge is 2.29. The summed E-state index contributed by atoms with van der Waals surface area (Å²) >= 11 is 0. The van der Waals surface area contributed by atoms with Crippen molar-refractivity contribution in [3.8, 4) is 0 Å². The predicted molar refractivity (Wildman–Crippen MR) is 100 cm³/mol. The summed E-state index contributed by atoms with van der Waals surface area (Å²) in [5, 5.41) is 0.934. The number of benzene rings is 1. The van der Waals surface area contributed by atoms with Crippen LogP contribution < -0.4 is 5.73 Å². The van der Waals surface area contributed by atoms with E-state index in [-0.39, 0.29) is 18.4 Å². The van der Waals surface area contributed by atoms with Crippen LogP contribution in [0, 0.1) is 6.92 Å². The molecule has 0 aliphatic carbocycles. The second-order valence-electron chi connectivity index (χ2n) is 7.07. The molecule has 1 atom stereocenters. The molecule has 27 heavy (non-hydrogen) atoms. The van der Waals surface area contributed by atoms with Gasteiger partial charge in [-0.2, -0.15) is 0 Å². The molecule has 2 aromatic heterocycles. The van der Waals surface area contributed by atoms with Crippen molar-refractivity contribution < 1.29 is 14.0 Å². The first-order valence-corrected chi connectivity index (χ1v) is 9.10. The summed E-state index contributed by atoms with van der Waals surface area (Å²) in [6, 6.07) is 7.68. The Bertz CT molecular complexity index is 1000. The Labute approximate surface area is 156 Å². The van der Waals surface area contributed by atoms with Crippen molar-refractivity contribution >= 4 is 22.8 Å². The van der Waals surface area contributed by atoms with Crippen molar-refractivity contribution in [3.05, 3.63) is 53.8 Å². The van der Waals surface area contributed by atoms with E-state index in [1.807, 2.05) is 36.1 Å². The number of hydrogen-bond donors (Lipinski definition) is 1. The van der Waals surface area contributed by atoms with E-state index in [1.165, 1.54) is 0 Å². The number of nitrogens with two attached hydrogens (primary N) is 1. The molecule has 2 amide bonds. The largest absolute Gasteiger partial charge is 0.451 e. The van der Waals surface area contributed by atoms with Crippen molar-refractivity contribution in [1.29, 1.82) is 0 Å². The van der Waals surface area contributed by atoms with Gasteiger partial charge in [0.15, 0.2) is 5.76 Å². The van der Waals surface area contributed by atoms with E-state index in [4.69, 9.17) is 10.2 Å². The monoisotopic (exact) mass is 366 g/mol. The summed E-state index contributed by atoms with van der Waals surface area (Å²) in [5.74, 6) is 0.717. The molecule has 0 bridgehead atoms. The molecule has 0 saturated carbocycles. The highest BCUT2D eigenvalue weighted by molar-refractivity contribution is 5.96. The highest BCUT2D eigenvalue weighted by Crippen LogP contribution is 2.29. The first-order valence-electron chi connectivity index (χ1n) is 9.10. The minimum absolute atomic E-state index is 0.0724. The average Bonchev–Trinajstić information content (AvgIpc) is 3.28. The molecule has 0 radical (unpaired) electrons. The molecule has 4 rings (SSSR count). The Balaban J connectivity index is 1.55. The van der Waals surface area contributed by atoms with Crippen LogP contribution in [0.4, 0.5) is 0 Å². The summed E-state index contributed by atoms with van der Waals surface area (Å²) in [6.07, 6.45) is 5.21. The van der Waals surface area contributed by atoms with Gasteiger partial charge in [-0.15, -0.1) is 0 Å². The summed E-state index contributed by atoms with van der Waals surface area (Å²) in [4.78, 5) is 30.5. The van der Waals surface area contributed by atoms with E-state index in [1.54, 1.807) is 17.0 Å². The zero-order valence-corrected chi connectivity index (χ0v) is 15.2. The minimum Gasteiger partial charge on any atom is -0.451 e. The third kappa shape index (κ3) is 3.32. The molecular weight excluding hydrogens is 344 g/mol. The second kappa shape index (κ2) is 6.90. The van der Waals surface area contributed by atoms with Gasteiger partial charge in [-0.1, -0.05) is 18.2 Å². The van der Waals surface area contributed by atoms with Crippen LogP contribution in [0.5, 0.6) is 0 Å². The van der Waals surface area contributed by atoms with Gasteiger partial charge >= 0.3 is 0 Å². The fourth-order valence-corrected chi connectivity index (χ4v) is 3.82. The van der Waals surface area contributed by atoms with Crippen molar-refractivity contribution in [2.24, 2.45) is 5.73 Å². The molecule has 1 aromatic carbocycles. The summed E-state index contributed by atoms with van der Waals surface area (Å²) < 4.78 is 7.61. The molecule has 1 aliphatic heterocycles. The molecule has 1 aliphatic rings. The maximum atomic E-state index is 13.0. The van der Waals surface area contributed by atoms with Gasteiger partial charge in [0, 0.05) is 36.8 Å². The van der Waals surface area contributed by atoms with E-state index < -0.39 is 5.91 Å². The Morgan fingerprint density at radius 3 is 3.00 bits per heavy atom. The lowest BCUT2D eigenvalue weighted by Crippen LogP contribution is -2.39. The Hall–Kier alpha value is -3.09. The Morgan fingerprint density at radius 2 is 2.22 bits per heavy atom. The van der Waals surface area contributed by atoms with Crippen molar-refractivity contribution in [2.45, 2.75) is 32.2 Å². The number of hydrogen-bond acceptors (Lipinski definition) is 4. The minimum atomic E-state index is -0.407. The number of fused-ring (bicyclic) bond motifs is 1. The molecule has 2 N–H and O–H groups in total. The first kappa shape index (κ1) is 17.3. The number of likely N-dealkylation sites (tertiary alicyclic amines) is 1. The third-order valence-electron chi connectivity index (χ3n) is 5.10. The maximum absolute atomic E-state index is 13.0. The van der Waals surface area contributed by atoms with E-state index in [9.17, 15) is 9.59 Å². The number of nitrogens with zero attached hydrogens (tertiary/aromatic N) is 3. The zero-order chi connectivity index (χ0) is 19.0. The van der Waals surface area contributed by atoms with E-state index in [0.717, 1.165) is 35.2 Å². The molecule has 3 aromatic rings. The Kier molecular flexibility index (Phi) is 4.43. The fraction of sp³-hybridized carbons (Fsp3) is 0.350. The molecule has 3 heterocycles. The predicted octanol–water partition coefficient (Wildman–Crippen LogP) is 2.44. The molecular formula is C20H22N4O3. The SMILES string of the molecule is Cc1cccc2cc(C(=O)N3CCCC(c4nccn4CC(N)=O)C3)oc12. The van der Waals surface area contributed by atoms with E-state index >= 15 is 0 Å². The van der Waals surface area contributed by atoms with Crippen LogP contribution >= 0.6 is 0 Å². The van der Waals surface area contributed by atoms with Gasteiger partial charge in [0.1, 0.15) is 18.0 Å². The summed E-state index contributed by atoms with van der Waals surface area (Å²) in [6.45, 7) is 3.30. The first-order chi connectivity index (χ1) is 13.0. The maximum Gasteiger partial charge on any atom is 0.289 e. The highest BCUT2D eigenvalue weighted by atomic mass is 16.3. The van der Waals surface area contributed by atoms with E-state index in [2.05, 4.69) is 4.98 Å². The standard InChI is InChI=1S/C20H22N4O3/c1-13-4-2-5-14-10-16(27-18(13)14)20(26)24-8-3-6-15(11-24)19-22-7-9-23(19)12-17(21)25/h2,4-5,7,9-10,15H,3,6,8,11-12H2,1H3,(H2,21,25). The lowest BCUT2D eigenvalue weighted by Gasteiger charge is -2.32. The van der Waals surface area contributed by atoms with Crippen molar-refractivity contribution in [3.63, 3.8) is 0 Å². The summed E-state index contributed by atoms with van der Waals surface area (Å²) in [7, 11) is 0. The number of aryl methyl sites for hydroxylation is 1. The van der Waals surface area contributed by atoms with Crippen LogP contribution in [0.3, 0.4) is 0 Å². The van der Waals surface area contributed by atoms with Crippen LogP contribution in [0.15, 0.2) is 41.1 Å². The third-order valence-corrected chi connectivity index (χ3v) is 5.10. The quantitative estimate of drug-likeness (QED) is 0.767. The van der Waals surface area contributed by atoms with Crippen LogP contribution in [0.25, 0.3) is 11.0 Å². The number of rotatable bonds is 4. The molecule has 1 unspecified atom stereocenters. The number of furan rings is 1. The van der Waals surface area contributed by atoms with Gasteiger partial charge < -0.3 is 19.6 Å². The molecule has 1 fully saturated rings. The molecule has 140 valence electrons. The number of primary amides is 1. The lowest BCUT2D eigenvalue weighted by atomic mass is 9.97. The van der Waals surface area contributed by atoms with Gasteiger partial charge in [-0.05, 0) is 31.4 Å². The number of carbonyl (C=O) groups excluding carboxylic acids is 2. The van der Waals surface area contributed by atoms with Crippen molar-refractivity contribution in [1.82, 2.24) is 14.5 Å². The summed E-state index contributed by atoms with van der Waals surface area (Å²) in [5.41, 5.74) is 7.08. The number of para-hydroxylation sites is 1. The number of carbonyl (C=O) groups is 2. The van der Waals surface area contributed by atoms with Crippen LogP contribution in [0.1, 0.15) is 40.7 Å². The zero-order valence-electron chi connectivity index (χ0n) is 15.2. The molecule has 1 saturated heterocycles. The van der Waals surface area contributed by atoms with Gasteiger partial charge in [0.2, 0.25) is 5.91 Å². The molecule has 0 spiro atoms. The van der Waals surface area contributed by atoms with Gasteiger partial charge in [0.25, 0.3) is 5.91 Å². The number of amides is 2. The van der Waals surface area contributed by atoms with Gasteiger partial charge in [-0.25, -0.2) is 4.98 Å². The number of piperidine rings is 1. The second-order valence-corrected chi connectivity index (χ2v) is 7.07. The van der Waals surface area contributed by atoms with Crippen LogP contribution in [-0.2, 0) is 11.3 Å².